The van der Waals surface area contributed by atoms with Crippen LogP contribution in [0.2, 0.25) is 5.02 Å². The zero-order chi connectivity index (χ0) is 17.8. The highest BCUT2D eigenvalue weighted by molar-refractivity contribution is 6.32. The number of para-hydroxylation sites is 1. The lowest BCUT2D eigenvalue weighted by molar-refractivity contribution is -0.111. The van der Waals surface area contributed by atoms with Crippen LogP contribution < -0.4 is 14.8 Å². The van der Waals surface area contributed by atoms with Crippen molar-refractivity contribution in [2.24, 2.45) is 0 Å². The summed E-state index contributed by atoms with van der Waals surface area (Å²) < 4.78 is 16.0. The topological polar surface area (TPSA) is 60.7 Å². The van der Waals surface area contributed by atoms with Crippen molar-refractivity contribution in [2.75, 3.05) is 19.5 Å². The Bertz CT molecular complexity index is 913. The zero-order valence-corrected chi connectivity index (χ0v) is 14.5. The quantitative estimate of drug-likeness (QED) is 0.669. The minimum Gasteiger partial charge on any atom is -0.495 e. The van der Waals surface area contributed by atoms with E-state index >= 15 is 0 Å². The second kappa shape index (κ2) is 7.32. The van der Waals surface area contributed by atoms with Crippen molar-refractivity contribution in [1.29, 1.82) is 0 Å². The molecule has 1 aromatic heterocycles. The molecule has 5 nitrogen and oxygen atoms in total. The van der Waals surface area contributed by atoms with Crippen LogP contribution in [-0.2, 0) is 4.79 Å². The van der Waals surface area contributed by atoms with Gasteiger partial charge in [0, 0.05) is 17.5 Å². The number of methoxy groups -OCH3 is 2. The Morgan fingerprint density at radius 3 is 2.60 bits per heavy atom. The lowest BCUT2D eigenvalue weighted by atomic mass is 10.2. The molecular formula is C19H16ClNO4. The van der Waals surface area contributed by atoms with Gasteiger partial charge in [0.1, 0.15) is 22.8 Å². The first-order valence-electron chi connectivity index (χ1n) is 7.50. The van der Waals surface area contributed by atoms with Gasteiger partial charge in [-0.05, 0) is 24.3 Å². The number of fused-ring (bicyclic) bond motifs is 1. The van der Waals surface area contributed by atoms with Gasteiger partial charge in [0.25, 0.3) is 0 Å². The molecule has 1 amide bonds. The van der Waals surface area contributed by atoms with Crippen molar-refractivity contribution in [3.8, 4) is 11.5 Å². The highest BCUT2D eigenvalue weighted by Crippen LogP contribution is 2.35. The third-order valence-electron chi connectivity index (χ3n) is 3.58. The van der Waals surface area contributed by atoms with Gasteiger partial charge in [0.2, 0.25) is 5.91 Å². The highest BCUT2D eigenvalue weighted by atomic mass is 35.5. The number of carbonyl (C=O) groups excluding carboxylic acids is 1. The van der Waals surface area contributed by atoms with Crippen LogP contribution in [0.5, 0.6) is 11.5 Å². The van der Waals surface area contributed by atoms with Crippen molar-refractivity contribution >= 4 is 40.2 Å². The van der Waals surface area contributed by atoms with E-state index in [1.807, 2.05) is 30.3 Å². The second-order valence-electron chi connectivity index (χ2n) is 5.20. The number of ether oxygens (including phenoxy) is 2. The summed E-state index contributed by atoms with van der Waals surface area (Å²) >= 11 is 6.10. The average Bonchev–Trinajstić information content (AvgIpc) is 3.03. The summed E-state index contributed by atoms with van der Waals surface area (Å²) in [7, 11) is 3.01. The molecule has 0 fully saturated rings. The summed E-state index contributed by atoms with van der Waals surface area (Å²) in [6.07, 6.45) is 2.99. The van der Waals surface area contributed by atoms with E-state index < -0.39 is 0 Å². The van der Waals surface area contributed by atoms with E-state index in [4.69, 9.17) is 25.5 Å². The monoisotopic (exact) mass is 357 g/mol. The van der Waals surface area contributed by atoms with Gasteiger partial charge in [-0.1, -0.05) is 29.8 Å². The van der Waals surface area contributed by atoms with Gasteiger partial charge in [0.15, 0.2) is 0 Å². The predicted molar refractivity (Wildman–Crippen MR) is 98.4 cm³/mol. The number of amides is 1. The molecule has 0 aliphatic heterocycles. The number of benzene rings is 2. The van der Waals surface area contributed by atoms with E-state index in [2.05, 4.69) is 5.32 Å². The Labute approximate surface area is 149 Å². The van der Waals surface area contributed by atoms with Crippen LogP contribution in [-0.4, -0.2) is 20.1 Å². The molecule has 128 valence electrons. The summed E-state index contributed by atoms with van der Waals surface area (Å²) in [6.45, 7) is 0. The predicted octanol–water partition coefficient (Wildman–Crippen LogP) is 4.76. The van der Waals surface area contributed by atoms with Gasteiger partial charge in [-0.2, -0.15) is 0 Å². The number of hydrogen-bond donors (Lipinski definition) is 1. The lowest BCUT2D eigenvalue weighted by Gasteiger charge is -2.12. The average molecular weight is 358 g/mol. The third-order valence-corrected chi connectivity index (χ3v) is 3.87. The van der Waals surface area contributed by atoms with E-state index in [0.29, 0.717) is 28.0 Å². The molecule has 3 rings (SSSR count). The normalized spacial score (nSPS) is 11.0. The van der Waals surface area contributed by atoms with Gasteiger partial charge in [0.05, 0.1) is 24.9 Å². The smallest absolute Gasteiger partial charge is 0.248 e. The van der Waals surface area contributed by atoms with Crippen molar-refractivity contribution in [3.63, 3.8) is 0 Å². The summed E-state index contributed by atoms with van der Waals surface area (Å²) in [5, 5.41) is 4.08. The van der Waals surface area contributed by atoms with Crippen molar-refractivity contribution in [3.05, 3.63) is 59.3 Å². The summed E-state index contributed by atoms with van der Waals surface area (Å²) in [6, 6.07) is 12.7. The van der Waals surface area contributed by atoms with Gasteiger partial charge >= 0.3 is 0 Å². The molecule has 0 radical (unpaired) electrons. The summed E-state index contributed by atoms with van der Waals surface area (Å²) in [4.78, 5) is 12.2. The number of anilines is 1. The van der Waals surface area contributed by atoms with Crippen LogP contribution in [0.1, 0.15) is 5.76 Å². The molecule has 0 atom stereocenters. The Morgan fingerprint density at radius 2 is 1.88 bits per heavy atom. The number of furan rings is 1. The van der Waals surface area contributed by atoms with Crippen LogP contribution in [0.3, 0.4) is 0 Å². The van der Waals surface area contributed by atoms with Gasteiger partial charge in [-0.3, -0.25) is 4.79 Å². The van der Waals surface area contributed by atoms with Crippen molar-refractivity contribution < 1.29 is 18.7 Å². The Morgan fingerprint density at radius 1 is 1.12 bits per heavy atom. The summed E-state index contributed by atoms with van der Waals surface area (Å²) in [5.74, 6) is 1.18. The van der Waals surface area contributed by atoms with Crippen molar-refractivity contribution in [1.82, 2.24) is 0 Å². The number of carbonyl (C=O) groups is 1. The first-order valence-corrected chi connectivity index (χ1v) is 7.87. The second-order valence-corrected chi connectivity index (χ2v) is 5.60. The maximum Gasteiger partial charge on any atom is 0.248 e. The van der Waals surface area contributed by atoms with E-state index in [1.165, 1.54) is 20.3 Å². The maximum absolute atomic E-state index is 12.2. The number of nitrogens with one attached hydrogen (secondary N) is 1. The molecule has 1 heterocycles. The molecule has 3 aromatic rings. The van der Waals surface area contributed by atoms with E-state index in [-0.39, 0.29) is 5.91 Å². The fourth-order valence-electron chi connectivity index (χ4n) is 2.37. The largest absolute Gasteiger partial charge is 0.495 e. The Balaban J connectivity index is 1.77. The SMILES string of the molecule is COc1cc(OC)c(NC(=O)/C=C/c2cc3ccccc3o2)cc1Cl. The molecule has 0 aliphatic carbocycles. The van der Waals surface area contributed by atoms with Crippen LogP contribution in [0, 0.1) is 0 Å². The Kier molecular flexibility index (Phi) is 4.95. The standard InChI is InChI=1S/C19H16ClNO4/c1-23-17-11-18(24-2)15(10-14(17)20)21-19(22)8-7-13-9-12-5-3-4-6-16(12)25-13/h3-11H,1-2H3,(H,21,22)/b8-7+. The van der Waals surface area contributed by atoms with Gasteiger partial charge in [-0.25, -0.2) is 0 Å². The molecule has 2 aromatic carbocycles. The number of halogens is 1. The van der Waals surface area contributed by atoms with E-state index in [1.54, 1.807) is 18.2 Å². The van der Waals surface area contributed by atoms with Crippen LogP contribution in [0.15, 0.2) is 53.0 Å². The molecule has 0 aliphatic rings. The van der Waals surface area contributed by atoms with Crippen molar-refractivity contribution in [2.45, 2.75) is 0 Å². The van der Waals surface area contributed by atoms with E-state index in [9.17, 15) is 4.79 Å². The van der Waals surface area contributed by atoms with Crippen LogP contribution in [0.4, 0.5) is 5.69 Å². The molecular weight excluding hydrogens is 342 g/mol. The van der Waals surface area contributed by atoms with Gasteiger partial charge < -0.3 is 19.2 Å². The number of rotatable bonds is 5. The number of hydrogen-bond acceptors (Lipinski definition) is 4. The maximum atomic E-state index is 12.2. The first kappa shape index (κ1) is 16.9. The molecule has 6 heteroatoms. The molecule has 25 heavy (non-hydrogen) atoms. The fraction of sp³-hybridized carbons (Fsp3) is 0.105. The van der Waals surface area contributed by atoms with Gasteiger partial charge in [-0.15, -0.1) is 0 Å². The molecule has 0 unspecified atom stereocenters. The van der Waals surface area contributed by atoms with Crippen LogP contribution >= 0.6 is 11.6 Å². The molecule has 0 spiro atoms. The molecule has 0 saturated heterocycles. The molecule has 0 saturated carbocycles. The van der Waals surface area contributed by atoms with E-state index in [0.717, 1.165) is 11.0 Å². The third kappa shape index (κ3) is 3.78. The molecule has 0 bridgehead atoms. The fourth-order valence-corrected chi connectivity index (χ4v) is 2.62. The highest BCUT2D eigenvalue weighted by Gasteiger charge is 2.11. The first-order chi connectivity index (χ1) is 12.1. The summed E-state index contributed by atoms with van der Waals surface area (Å²) in [5.41, 5.74) is 1.22. The molecule has 1 N–H and O–H groups in total. The zero-order valence-electron chi connectivity index (χ0n) is 13.7. The van der Waals surface area contributed by atoms with Crippen LogP contribution in [0.25, 0.3) is 17.0 Å². The minimum absolute atomic E-state index is 0.333. The Hall–Kier alpha value is -2.92. The minimum atomic E-state index is -0.333. The lowest BCUT2D eigenvalue weighted by Crippen LogP contribution is -2.09.